The number of Topliss-reactive ketones (excluding diaryl/α,β-unsaturated/α-hetero) is 1. The number of nitrogens with one attached hydrogen (secondary N) is 1. The highest BCUT2D eigenvalue weighted by molar-refractivity contribution is 5.97. The second kappa shape index (κ2) is 8.74. The third kappa shape index (κ3) is 5.44. The fourth-order valence-corrected chi connectivity index (χ4v) is 2.25. The molecule has 1 aliphatic rings. The van der Waals surface area contributed by atoms with Crippen LogP contribution in [0.15, 0.2) is 24.3 Å². The van der Waals surface area contributed by atoms with Crippen molar-refractivity contribution in [1.29, 1.82) is 0 Å². The van der Waals surface area contributed by atoms with Gasteiger partial charge in [0.2, 0.25) is 5.91 Å². The Labute approximate surface area is 130 Å². The third-order valence-corrected chi connectivity index (χ3v) is 3.42. The van der Waals surface area contributed by atoms with E-state index in [9.17, 15) is 14.0 Å². The fourth-order valence-electron chi connectivity index (χ4n) is 2.25. The summed E-state index contributed by atoms with van der Waals surface area (Å²) in [6, 6.07) is 5.43. The third-order valence-electron chi connectivity index (χ3n) is 3.42. The number of amides is 1. The van der Waals surface area contributed by atoms with Crippen molar-refractivity contribution in [1.82, 2.24) is 10.2 Å². The maximum Gasteiger partial charge on any atom is 0.223 e. The van der Waals surface area contributed by atoms with Crippen molar-refractivity contribution in [3.8, 4) is 0 Å². The van der Waals surface area contributed by atoms with Crippen LogP contribution in [0.25, 0.3) is 0 Å². The van der Waals surface area contributed by atoms with Gasteiger partial charge in [0.15, 0.2) is 5.78 Å². The summed E-state index contributed by atoms with van der Waals surface area (Å²) < 4.78 is 12.8. The Morgan fingerprint density at radius 2 is 1.81 bits per heavy atom. The van der Waals surface area contributed by atoms with Crippen LogP contribution >= 0.6 is 12.4 Å². The van der Waals surface area contributed by atoms with Gasteiger partial charge in [-0.3, -0.25) is 9.59 Å². The molecule has 1 aliphatic heterocycles. The van der Waals surface area contributed by atoms with Crippen molar-refractivity contribution in [3.63, 3.8) is 0 Å². The predicted octanol–water partition coefficient (Wildman–Crippen LogP) is 2.03. The maximum atomic E-state index is 12.8. The Hall–Kier alpha value is -1.46. The number of nitrogens with zero attached hydrogens (tertiary/aromatic N) is 1. The second-order valence-electron chi connectivity index (χ2n) is 4.91. The monoisotopic (exact) mass is 314 g/mol. The zero-order valence-corrected chi connectivity index (χ0v) is 12.6. The molecule has 0 aliphatic carbocycles. The van der Waals surface area contributed by atoms with Crippen LogP contribution in [-0.2, 0) is 4.79 Å². The van der Waals surface area contributed by atoms with Gasteiger partial charge in [-0.25, -0.2) is 4.39 Å². The Kier molecular flexibility index (Phi) is 7.32. The number of carbonyl (C=O) groups is 2. The zero-order chi connectivity index (χ0) is 14.4. The van der Waals surface area contributed by atoms with Crippen LogP contribution in [0, 0.1) is 5.82 Å². The van der Waals surface area contributed by atoms with Gasteiger partial charge in [0.1, 0.15) is 5.82 Å². The Morgan fingerprint density at radius 1 is 1.10 bits per heavy atom. The quantitative estimate of drug-likeness (QED) is 0.865. The number of carbonyl (C=O) groups excluding carboxylic acids is 2. The van der Waals surface area contributed by atoms with Gasteiger partial charge in [0.25, 0.3) is 0 Å². The van der Waals surface area contributed by atoms with E-state index in [1.807, 2.05) is 0 Å². The molecule has 2 rings (SSSR count). The fraction of sp³-hybridized carbons (Fsp3) is 0.467. The molecule has 116 valence electrons. The van der Waals surface area contributed by atoms with E-state index in [2.05, 4.69) is 5.32 Å². The molecule has 6 heteroatoms. The molecule has 0 saturated carbocycles. The van der Waals surface area contributed by atoms with Gasteiger partial charge < -0.3 is 10.2 Å². The van der Waals surface area contributed by atoms with Gasteiger partial charge in [-0.15, -0.1) is 12.4 Å². The number of rotatable bonds is 4. The largest absolute Gasteiger partial charge is 0.341 e. The van der Waals surface area contributed by atoms with Crippen molar-refractivity contribution >= 4 is 24.1 Å². The number of halogens is 2. The van der Waals surface area contributed by atoms with Crippen molar-refractivity contribution in [2.24, 2.45) is 0 Å². The smallest absolute Gasteiger partial charge is 0.223 e. The van der Waals surface area contributed by atoms with Gasteiger partial charge in [-0.05, 0) is 37.2 Å². The van der Waals surface area contributed by atoms with E-state index >= 15 is 0 Å². The summed E-state index contributed by atoms with van der Waals surface area (Å²) in [5, 5.41) is 3.23. The molecule has 1 N–H and O–H groups in total. The topological polar surface area (TPSA) is 49.4 Å². The number of ketones is 1. The highest BCUT2D eigenvalue weighted by Crippen LogP contribution is 2.09. The lowest BCUT2D eigenvalue weighted by Crippen LogP contribution is -2.34. The molecule has 0 unspecified atom stereocenters. The summed E-state index contributed by atoms with van der Waals surface area (Å²) >= 11 is 0. The second-order valence-corrected chi connectivity index (χ2v) is 4.91. The molecule has 1 aromatic carbocycles. The minimum absolute atomic E-state index is 0. The summed E-state index contributed by atoms with van der Waals surface area (Å²) in [5.74, 6) is -0.467. The molecular formula is C15H20ClFN2O2. The van der Waals surface area contributed by atoms with Gasteiger partial charge in [-0.2, -0.15) is 0 Å². The van der Waals surface area contributed by atoms with Crippen molar-refractivity contribution < 1.29 is 14.0 Å². The Bertz CT molecular complexity index is 471. The van der Waals surface area contributed by atoms with Crippen molar-refractivity contribution in [3.05, 3.63) is 35.6 Å². The van der Waals surface area contributed by atoms with Crippen LogP contribution in [-0.4, -0.2) is 42.8 Å². The number of hydrogen-bond acceptors (Lipinski definition) is 3. The highest BCUT2D eigenvalue weighted by atomic mass is 35.5. The molecule has 0 atom stereocenters. The molecule has 21 heavy (non-hydrogen) atoms. The molecule has 0 spiro atoms. The van der Waals surface area contributed by atoms with E-state index in [4.69, 9.17) is 0 Å². The lowest BCUT2D eigenvalue weighted by Gasteiger charge is -2.19. The van der Waals surface area contributed by atoms with Crippen molar-refractivity contribution in [2.45, 2.75) is 19.3 Å². The summed E-state index contributed by atoms with van der Waals surface area (Å²) in [4.78, 5) is 25.7. The average Bonchev–Trinajstić information content (AvgIpc) is 2.74. The van der Waals surface area contributed by atoms with E-state index in [0.717, 1.165) is 26.1 Å². The molecule has 0 bridgehead atoms. The van der Waals surface area contributed by atoms with Crippen molar-refractivity contribution in [2.75, 3.05) is 26.2 Å². The summed E-state index contributed by atoms with van der Waals surface area (Å²) in [6.07, 6.45) is 1.34. The van der Waals surface area contributed by atoms with E-state index in [1.165, 1.54) is 24.3 Å². The molecule has 4 nitrogen and oxygen atoms in total. The number of hydrogen-bond donors (Lipinski definition) is 1. The molecular weight excluding hydrogens is 295 g/mol. The minimum atomic E-state index is -0.366. The maximum absolute atomic E-state index is 12.8. The lowest BCUT2D eigenvalue weighted by molar-refractivity contribution is -0.130. The SMILES string of the molecule is Cl.O=C(CCC(=O)N1CCCNCC1)c1ccc(F)cc1. The normalized spacial score (nSPS) is 15.0. The molecule has 1 fully saturated rings. The first-order valence-corrected chi connectivity index (χ1v) is 6.94. The summed E-state index contributed by atoms with van der Waals surface area (Å²) in [7, 11) is 0. The van der Waals surface area contributed by atoms with E-state index in [0.29, 0.717) is 12.1 Å². The van der Waals surface area contributed by atoms with Gasteiger partial charge in [0.05, 0.1) is 0 Å². The first-order valence-electron chi connectivity index (χ1n) is 6.94. The summed E-state index contributed by atoms with van der Waals surface area (Å²) in [5.41, 5.74) is 0.455. The molecule has 1 aromatic rings. The molecule has 1 saturated heterocycles. The first kappa shape index (κ1) is 17.6. The minimum Gasteiger partial charge on any atom is -0.341 e. The van der Waals surface area contributed by atoms with Gasteiger partial charge in [0, 0.05) is 38.0 Å². The Morgan fingerprint density at radius 3 is 2.52 bits per heavy atom. The first-order chi connectivity index (χ1) is 9.66. The van der Waals surface area contributed by atoms with Crippen LogP contribution in [0.2, 0.25) is 0 Å². The van der Waals surface area contributed by atoms with E-state index < -0.39 is 0 Å². The van der Waals surface area contributed by atoms with E-state index in [-0.39, 0.29) is 42.8 Å². The van der Waals surface area contributed by atoms with E-state index in [1.54, 1.807) is 4.90 Å². The molecule has 1 amide bonds. The van der Waals surface area contributed by atoms with Crippen LogP contribution in [0.5, 0.6) is 0 Å². The Balaban J connectivity index is 0.00000220. The molecule has 0 aromatic heterocycles. The average molecular weight is 315 g/mol. The van der Waals surface area contributed by atoms with Gasteiger partial charge >= 0.3 is 0 Å². The van der Waals surface area contributed by atoms with Crippen LogP contribution in [0.3, 0.4) is 0 Å². The lowest BCUT2D eigenvalue weighted by atomic mass is 10.1. The van der Waals surface area contributed by atoms with Crippen LogP contribution in [0.4, 0.5) is 4.39 Å². The standard InChI is InChI=1S/C15H19FN2O2.ClH/c16-13-4-2-12(3-5-13)14(19)6-7-15(20)18-10-1-8-17-9-11-18;/h2-5,17H,1,6-11H2;1H. The molecule has 1 heterocycles. The number of benzene rings is 1. The molecule has 0 radical (unpaired) electrons. The predicted molar refractivity (Wildman–Crippen MR) is 81.3 cm³/mol. The van der Waals surface area contributed by atoms with Gasteiger partial charge in [-0.1, -0.05) is 0 Å². The van der Waals surface area contributed by atoms with Crippen LogP contribution in [0.1, 0.15) is 29.6 Å². The van der Waals surface area contributed by atoms with Crippen LogP contribution < -0.4 is 5.32 Å². The highest BCUT2D eigenvalue weighted by Gasteiger charge is 2.16. The summed E-state index contributed by atoms with van der Waals surface area (Å²) in [6.45, 7) is 3.18. The zero-order valence-electron chi connectivity index (χ0n) is 11.8.